The summed E-state index contributed by atoms with van der Waals surface area (Å²) in [4.78, 5) is 24.5. The Morgan fingerprint density at radius 2 is 1.92 bits per heavy atom. The maximum absolute atomic E-state index is 11.1. The molecule has 0 saturated carbocycles. The minimum atomic E-state index is -0.544. The molecule has 3 heterocycles. The van der Waals surface area contributed by atoms with Crippen LogP contribution in [0.4, 0.5) is 5.82 Å². The number of likely N-dealkylation sites (tertiary alicyclic amines) is 2. The molecule has 1 amide bonds. The molecule has 0 spiro atoms. The third kappa shape index (κ3) is 4.42. The number of primary amides is 1. The van der Waals surface area contributed by atoms with Gasteiger partial charge >= 0.3 is 0 Å². The minimum Gasteiger partial charge on any atom is -0.368 e. The molecule has 132 valence electrons. The molecular formula is C17H28N6O. The van der Waals surface area contributed by atoms with E-state index in [0.29, 0.717) is 11.7 Å². The van der Waals surface area contributed by atoms with Gasteiger partial charge in [0.1, 0.15) is 11.5 Å². The number of hydrogen-bond acceptors (Lipinski definition) is 6. The Hall–Kier alpha value is -1.73. The molecular weight excluding hydrogens is 304 g/mol. The Kier molecular flexibility index (Phi) is 5.63. The third-order valence-corrected chi connectivity index (χ3v) is 5.31. The Morgan fingerprint density at radius 3 is 2.58 bits per heavy atom. The van der Waals surface area contributed by atoms with Crippen LogP contribution in [0.25, 0.3) is 0 Å². The van der Waals surface area contributed by atoms with E-state index in [1.165, 1.54) is 58.1 Å². The first-order chi connectivity index (χ1) is 11.6. The first-order valence-corrected chi connectivity index (χ1v) is 8.90. The van der Waals surface area contributed by atoms with Crippen LogP contribution in [-0.2, 0) is 0 Å². The van der Waals surface area contributed by atoms with E-state index in [-0.39, 0.29) is 5.69 Å². The van der Waals surface area contributed by atoms with Gasteiger partial charge in [-0.3, -0.25) is 9.78 Å². The Labute approximate surface area is 143 Å². The van der Waals surface area contributed by atoms with Gasteiger partial charge < -0.3 is 20.9 Å². The molecule has 0 unspecified atom stereocenters. The zero-order valence-corrected chi connectivity index (χ0v) is 14.4. The average Bonchev–Trinajstić information content (AvgIpc) is 2.61. The highest BCUT2D eigenvalue weighted by atomic mass is 16.1. The van der Waals surface area contributed by atoms with E-state index in [0.717, 1.165) is 12.6 Å². The van der Waals surface area contributed by atoms with Crippen molar-refractivity contribution in [3.63, 3.8) is 0 Å². The van der Waals surface area contributed by atoms with Crippen LogP contribution in [0.2, 0.25) is 0 Å². The van der Waals surface area contributed by atoms with Crippen LogP contribution in [0.1, 0.15) is 36.2 Å². The molecule has 24 heavy (non-hydrogen) atoms. The van der Waals surface area contributed by atoms with Crippen molar-refractivity contribution in [3.8, 4) is 0 Å². The van der Waals surface area contributed by atoms with Gasteiger partial charge in [0.05, 0.1) is 12.4 Å². The highest BCUT2D eigenvalue weighted by Gasteiger charge is 2.27. The smallest absolute Gasteiger partial charge is 0.268 e. The summed E-state index contributed by atoms with van der Waals surface area (Å²) in [5.74, 6) is 0.730. The number of nitrogens with zero attached hydrogens (tertiary/aromatic N) is 4. The van der Waals surface area contributed by atoms with Crippen molar-refractivity contribution in [1.29, 1.82) is 0 Å². The van der Waals surface area contributed by atoms with E-state index in [1.54, 1.807) is 6.20 Å². The molecule has 3 rings (SSSR count). The number of hydrogen-bond donors (Lipinski definition) is 2. The lowest BCUT2D eigenvalue weighted by Gasteiger charge is -2.41. The number of aromatic nitrogens is 2. The molecule has 1 aromatic heterocycles. The molecule has 1 aromatic rings. The van der Waals surface area contributed by atoms with E-state index >= 15 is 0 Å². The second-order valence-electron chi connectivity index (χ2n) is 7.05. The summed E-state index contributed by atoms with van der Waals surface area (Å²) >= 11 is 0. The fourth-order valence-electron chi connectivity index (χ4n) is 3.70. The van der Waals surface area contributed by atoms with Gasteiger partial charge in [0.25, 0.3) is 5.91 Å². The second-order valence-corrected chi connectivity index (χ2v) is 7.05. The zero-order valence-electron chi connectivity index (χ0n) is 14.4. The van der Waals surface area contributed by atoms with Crippen molar-refractivity contribution in [2.45, 2.75) is 31.7 Å². The molecule has 0 atom stereocenters. The van der Waals surface area contributed by atoms with Crippen molar-refractivity contribution in [3.05, 3.63) is 18.1 Å². The van der Waals surface area contributed by atoms with E-state index in [4.69, 9.17) is 5.73 Å². The van der Waals surface area contributed by atoms with Gasteiger partial charge in [0.2, 0.25) is 0 Å². The van der Waals surface area contributed by atoms with Gasteiger partial charge in [-0.05, 0) is 64.8 Å². The molecule has 0 radical (unpaired) electrons. The number of anilines is 1. The number of piperidine rings is 2. The van der Waals surface area contributed by atoms with Crippen molar-refractivity contribution in [1.82, 2.24) is 19.8 Å². The molecule has 3 N–H and O–H groups in total. The first kappa shape index (κ1) is 17.1. The number of carbonyl (C=O) groups excluding carboxylic acids is 1. The summed E-state index contributed by atoms with van der Waals surface area (Å²) in [5.41, 5.74) is 5.44. The van der Waals surface area contributed by atoms with Crippen molar-refractivity contribution < 1.29 is 4.79 Å². The summed E-state index contributed by atoms with van der Waals surface area (Å²) in [6.07, 6.45) is 8.06. The van der Waals surface area contributed by atoms with Gasteiger partial charge in [-0.25, -0.2) is 4.98 Å². The molecule has 2 aliphatic heterocycles. The molecule has 2 saturated heterocycles. The highest BCUT2D eigenvalue weighted by molar-refractivity contribution is 5.90. The first-order valence-electron chi connectivity index (χ1n) is 8.90. The third-order valence-electron chi connectivity index (χ3n) is 5.31. The number of carbonyl (C=O) groups is 1. The summed E-state index contributed by atoms with van der Waals surface area (Å²) in [6, 6.07) is 0.772. The van der Waals surface area contributed by atoms with Crippen LogP contribution in [0.5, 0.6) is 0 Å². The Morgan fingerprint density at radius 1 is 1.21 bits per heavy atom. The predicted molar refractivity (Wildman–Crippen MR) is 93.9 cm³/mol. The van der Waals surface area contributed by atoms with Crippen molar-refractivity contribution in [2.24, 2.45) is 11.7 Å². The minimum absolute atomic E-state index is 0.206. The monoisotopic (exact) mass is 332 g/mol. The summed E-state index contributed by atoms with van der Waals surface area (Å²) in [5, 5.41) is 3.30. The quantitative estimate of drug-likeness (QED) is 0.829. The SMILES string of the molecule is CN1CCC(N2CCC(CNc3cncc(C(N)=O)n3)CC2)CC1. The molecule has 0 aliphatic carbocycles. The van der Waals surface area contributed by atoms with Crippen LogP contribution < -0.4 is 11.1 Å². The molecule has 2 fully saturated rings. The fraction of sp³-hybridized carbons (Fsp3) is 0.706. The Bertz CT molecular complexity index is 550. The van der Waals surface area contributed by atoms with Gasteiger partial charge in [-0.2, -0.15) is 0 Å². The maximum atomic E-state index is 11.1. The van der Waals surface area contributed by atoms with Crippen LogP contribution in [0.15, 0.2) is 12.4 Å². The van der Waals surface area contributed by atoms with Crippen molar-refractivity contribution in [2.75, 3.05) is 45.1 Å². The number of amides is 1. The molecule has 7 heteroatoms. The van der Waals surface area contributed by atoms with Gasteiger partial charge in [-0.1, -0.05) is 0 Å². The summed E-state index contributed by atoms with van der Waals surface area (Å²) in [7, 11) is 2.21. The van der Waals surface area contributed by atoms with Gasteiger partial charge in [0.15, 0.2) is 0 Å². The van der Waals surface area contributed by atoms with Crippen LogP contribution >= 0.6 is 0 Å². The van der Waals surface area contributed by atoms with E-state index < -0.39 is 5.91 Å². The molecule has 0 aromatic carbocycles. The molecule has 0 bridgehead atoms. The standard InChI is InChI=1S/C17H28N6O/c1-22-6-4-14(5-7-22)23-8-2-13(3-9-23)10-20-16-12-19-11-15(21-16)17(18)24/h11-14H,2-10H2,1H3,(H2,18,24)(H,20,21). The van der Waals surface area contributed by atoms with Crippen LogP contribution in [0, 0.1) is 5.92 Å². The van der Waals surface area contributed by atoms with Crippen molar-refractivity contribution >= 4 is 11.7 Å². The van der Waals surface area contributed by atoms with E-state index in [1.807, 2.05) is 0 Å². The fourth-order valence-corrected chi connectivity index (χ4v) is 3.70. The normalized spacial score (nSPS) is 21.7. The Balaban J connectivity index is 1.42. The summed E-state index contributed by atoms with van der Waals surface area (Å²) < 4.78 is 0. The lowest BCUT2D eigenvalue weighted by molar-refractivity contribution is 0.0876. The topological polar surface area (TPSA) is 87.4 Å². The second kappa shape index (κ2) is 7.90. The lowest BCUT2D eigenvalue weighted by Crippen LogP contribution is -2.47. The summed E-state index contributed by atoms with van der Waals surface area (Å²) in [6.45, 7) is 5.70. The van der Waals surface area contributed by atoms with Gasteiger partial charge in [-0.15, -0.1) is 0 Å². The van der Waals surface area contributed by atoms with E-state index in [2.05, 4.69) is 32.1 Å². The molecule has 7 nitrogen and oxygen atoms in total. The zero-order chi connectivity index (χ0) is 16.9. The van der Waals surface area contributed by atoms with E-state index in [9.17, 15) is 4.79 Å². The maximum Gasteiger partial charge on any atom is 0.268 e. The molecule has 2 aliphatic rings. The lowest BCUT2D eigenvalue weighted by atomic mass is 9.93. The average molecular weight is 332 g/mol. The number of nitrogens with two attached hydrogens (primary N) is 1. The number of rotatable bonds is 5. The largest absolute Gasteiger partial charge is 0.368 e. The number of nitrogens with one attached hydrogen (secondary N) is 1. The van der Waals surface area contributed by atoms with Crippen LogP contribution in [-0.4, -0.2) is 71.5 Å². The predicted octanol–water partition coefficient (Wildman–Crippen LogP) is 0.794. The van der Waals surface area contributed by atoms with Crippen LogP contribution in [0.3, 0.4) is 0 Å². The highest BCUT2D eigenvalue weighted by Crippen LogP contribution is 2.23. The van der Waals surface area contributed by atoms with Gasteiger partial charge in [0, 0.05) is 12.6 Å².